The van der Waals surface area contributed by atoms with Crippen LogP contribution in [-0.4, -0.2) is 37.5 Å². The Bertz CT molecular complexity index is 653. The Balaban J connectivity index is 2.35. The van der Waals surface area contributed by atoms with E-state index in [1.807, 2.05) is 37.1 Å². The summed E-state index contributed by atoms with van der Waals surface area (Å²) in [7, 11) is 14.3. The minimum Gasteiger partial charge on any atom is -0.376 e. The lowest BCUT2D eigenvalue weighted by molar-refractivity contribution is 0.658. The van der Waals surface area contributed by atoms with E-state index in [0.29, 0.717) is 5.82 Å². The predicted octanol–water partition coefficient (Wildman–Crippen LogP) is 1.49. The number of hydrogen-bond acceptors (Lipinski definition) is 3. The van der Waals surface area contributed by atoms with Crippen LogP contribution in [0.25, 0.3) is 5.69 Å². The summed E-state index contributed by atoms with van der Waals surface area (Å²) in [4.78, 5) is 6.26. The van der Waals surface area contributed by atoms with Crippen LogP contribution in [0.1, 0.15) is 18.6 Å². The second kappa shape index (κ2) is 4.13. The fraction of sp³-hybridized carbons (Fsp3) is 0.333. The maximum Gasteiger partial charge on any atom is 0.151 e. The van der Waals surface area contributed by atoms with Gasteiger partial charge in [-0.25, -0.2) is 9.67 Å². The molecule has 1 aromatic carbocycles. The van der Waals surface area contributed by atoms with Gasteiger partial charge in [0.1, 0.15) is 21.5 Å². The van der Waals surface area contributed by atoms with E-state index in [4.69, 9.17) is 15.7 Å². The van der Waals surface area contributed by atoms with Crippen molar-refractivity contribution in [1.82, 2.24) is 14.8 Å². The first kappa shape index (κ1) is 12.8. The van der Waals surface area contributed by atoms with Crippen molar-refractivity contribution in [2.24, 2.45) is 0 Å². The zero-order valence-corrected chi connectivity index (χ0v) is 12.3. The van der Waals surface area contributed by atoms with Gasteiger partial charge in [0.15, 0.2) is 5.82 Å². The van der Waals surface area contributed by atoms with Gasteiger partial charge in [0.25, 0.3) is 0 Å². The Morgan fingerprint density at radius 2 is 2.11 bits per heavy atom. The number of rotatable bonds is 1. The molecule has 1 aliphatic heterocycles. The molecule has 0 atom stereocenters. The number of aromatic nitrogens is 3. The van der Waals surface area contributed by atoms with Crippen molar-refractivity contribution in [3.8, 4) is 5.69 Å². The van der Waals surface area contributed by atoms with Crippen LogP contribution in [0.3, 0.4) is 0 Å². The topological polar surface area (TPSA) is 34.0 Å². The number of nitrogens with zero attached hydrogens (tertiary/aromatic N) is 4. The van der Waals surface area contributed by atoms with Crippen LogP contribution in [0.2, 0.25) is 0 Å². The van der Waals surface area contributed by atoms with Crippen molar-refractivity contribution in [2.75, 3.05) is 11.9 Å². The van der Waals surface area contributed by atoms with E-state index >= 15 is 0 Å². The number of halogens is 1. The Hall–Kier alpha value is -1.23. The maximum atomic E-state index is 6.24. The second-order valence-corrected chi connectivity index (χ2v) is 5.46. The molecule has 2 aromatic rings. The fourth-order valence-electron chi connectivity index (χ4n) is 2.27. The first-order valence-electron chi connectivity index (χ1n) is 6.03. The zero-order chi connectivity index (χ0) is 13.8. The van der Waals surface area contributed by atoms with E-state index in [-0.39, 0.29) is 0 Å². The third kappa shape index (κ3) is 1.67. The van der Waals surface area contributed by atoms with Crippen molar-refractivity contribution in [3.63, 3.8) is 0 Å². The van der Waals surface area contributed by atoms with Crippen molar-refractivity contribution in [2.45, 2.75) is 18.7 Å². The summed E-state index contributed by atoms with van der Waals surface area (Å²) in [5.41, 5.74) is 1.83. The lowest BCUT2D eigenvalue weighted by Gasteiger charge is -2.43. The van der Waals surface area contributed by atoms with Crippen LogP contribution in [0.4, 0.5) is 5.69 Å². The summed E-state index contributed by atoms with van der Waals surface area (Å²) in [6.07, 6.45) is 0.739. The van der Waals surface area contributed by atoms with E-state index in [0.717, 1.165) is 28.1 Å². The molecule has 2 heterocycles. The lowest BCUT2D eigenvalue weighted by Crippen LogP contribution is -2.50. The van der Waals surface area contributed by atoms with E-state index in [2.05, 4.69) is 26.0 Å². The summed E-state index contributed by atoms with van der Waals surface area (Å²) in [6.45, 7) is 2.00. The molecule has 3 rings (SSSR count). The van der Waals surface area contributed by atoms with Crippen LogP contribution in [0, 0.1) is 0 Å². The molecule has 7 heteroatoms. The highest BCUT2D eigenvalue weighted by Crippen LogP contribution is 2.41. The third-order valence-corrected chi connectivity index (χ3v) is 4.05. The van der Waals surface area contributed by atoms with Gasteiger partial charge in [-0.2, -0.15) is 5.10 Å². The number of anilines is 1. The Morgan fingerprint density at radius 3 is 2.79 bits per heavy atom. The zero-order valence-electron chi connectivity index (χ0n) is 10.8. The number of benzene rings is 1. The molecule has 1 aliphatic rings. The minimum atomic E-state index is -1.18. The second-order valence-electron chi connectivity index (χ2n) is 4.61. The molecule has 0 saturated heterocycles. The van der Waals surface area contributed by atoms with Crippen LogP contribution < -0.4 is 4.90 Å². The molecule has 0 fully saturated rings. The number of fused-ring (bicyclic) bond motifs is 3. The lowest BCUT2D eigenvalue weighted by atomic mass is 9.59. The summed E-state index contributed by atoms with van der Waals surface area (Å²) in [5, 5.41) is 3.30. The highest BCUT2D eigenvalue weighted by Gasteiger charge is 2.38. The molecule has 19 heavy (non-hydrogen) atoms. The molecule has 4 nitrogen and oxygen atoms in total. The average Bonchev–Trinajstić information content (AvgIpc) is 2.81. The standard InChI is InChI=1S/C12H11B2BrN4/c1-3-9-16-11-12(13,14)18(2)10-7(15)5-4-6-8(10)19(11)17-9/h4-6H,3H2,1-2H3. The van der Waals surface area contributed by atoms with Crippen molar-refractivity contribution in [3.05, 3.63) is 34.3 Å². The molecule has 0 aliphatic carbocycles. The molecule has 0 spiro atoms. The summed E-state index contributed by atoms with van der Waals surface area (Å²) in [6, 6.07) is 5.88. The third-order valence-electron chi connectivity index (χ3n) is 3.41. The minimum absolute atomic E-state index is 0.553. The van der Waals surface area contributed by atoms with Gasteiger partial charge in [0, 0.05) is 23.3 Å². The van der Waals surface area contributed by atoms with Gasteiger partial charge in [-0.05, 0) is 28.1 Å². The Morgan fingerprint density at radius 1 is 1.37 bits per heavy atom. The number of hydrogen-bond donors (Lipinski definition) is 0. The molecule has 0 amide bonds. The number of para-hydroxylation sites is 1. The van der Waals surface area contributed by atoms with Crippen LogP contribution in [-0.2, 0) is 11.8 Å². The van der Waals surface area contributed by atoms with Gasteiger partial charge >= 0.3 is 0 Å². The van der Waals surface area contributed by atoms with Gasteiger partial charge in [0.05, 0.1) is 11.4 Å². The maximum absolute atomic E-state index is 6.24. The van der Waals surface area contributed by atoms with E-state index in [1.165, 1.54) is 0 Å². The smallest absolute Gasteiger partial charge is 0.151 e. The molecule has 0 saturated carbocycles. The van der Waals surface area contributed by atoms with Crippen LogP contribution >= 0.6 is 15.9 Å². The highest BCUT2D eigenvalue weighted by molar-refractivity contribution is 9.10. The highest BCUT2D eigenvalue weighted by atomic mass is 79.9. The van der Waals surface area contributed by atoms with Crippen molar-refractivity contribution in [1.29, 1.82) is 0 Å². The fourth-order valence-corrected chi connectivity index (χ4v) is 2.90. The molecule has 0 bridgehead atoms. The Kier molecular flexibility index (Phi) is 2.78. The van der Waals surface area contributed by atoms with Gasteiger partial charge in [-0.15, -0.1) is 0 Å². The molecule has 4 radical (unpaired) electrons. The van der Waals surface area contributed by atoms with Gasteiger partial charge in [-0.1, -0.05) is 13.0 Å². The molecule has 92 valence electrons. The molecular formula is C12H11B2BrN4. The summed E-state index contributed by atoms with van der Waals surface area (Å²) >= 11 is 3.54. The largest absolute Gasteiger partial charge is 0.376 e. The first-order chi connectivity index (χ1) is 8.96. The van der Waals surface area contributed by atoms with Crippen LogP contribution in [0.15, 0.2) is 22.7 Å². The molecule has 1 aromatic heterocycles. The predicted molar refractivity (Wildman–Crippen MR) is 80.0 cm³/mol. The first-order valence-corrected chi connectivity index (χ1v) is 6.83. The average molecular weight is 313 g/mol. The summed E-state index contributed by atoms with van der Waals surface area (Å²) < 4.78 is 2.66. The molecule has 0 N–H and O–H groups in total. The monoisotopic (exact) mass is 312 g/mol. The normalized spacial score (nSPS) is 16.1. The van der Waals surface area contributed by atoms with Gasteiger partial charge < -0.3 is 4.90 Å². The molecular weight excluding hydrogens is 302 g/mol. The Labute approximate surface area is 123 Å². The SMILES string of the molecule is [B]C1([B])c2nc(CC)nn2-c2cccc(Br)c2N1C. The quantitative estimate of drug-likeness (QED) is 0.748. The summed E-state index contributed by atoms with van der Waals surface area (Å²) in [5.74, 6) is 1.29. The number of aryl methyl sites for hydroxylation is 1. The van der Waals surface area contributed by atoms with E-state index in [9.17, 15) is 0 Å². The van der Waals surface area contributed by atoms with E-state index < -0.39 is 5.34 Å². The molecule has 0 unspecified atom stereocenters. The van der Waals surface area contributed by atoms with Crippen molar-refractivity contribution >= 4 is 37.3 Å². The van der Waals surface area contributed by atoms with Crippen LogP contribution in [0.5, 0.6) is 0 Å². The van der Waals surface area contributed by atoms with E-state index in [1.54, 1.807) is 4.68 Å². The van der Waals surface area contributed by atoms with Crippen molar-refractivity contribution < 1.29 is 0 Å². The van der Waals surface area contributed by atoms with Gasteiger partial charge in [0.2, 0.25) is 0 Å². The van der Waals surface area contributed by atoms with Gasteiger partial charge in [-0.3, -0.25) is 0 Å².